The predicted molar refractivity (Wildman–Crippen MR) is 157 cm³/mol. The van der Waals surface area contributed by atoms with Crippen LogP contribution in [0.25, 0.3) is 11.1 Å². The van der Waals surface area contributed by atoms with Crippen LogP contribution in [0.1, 0.15) is 11.1 Å². The van der Waals surface area contributed by atoms with Crippen molar-refractivity contribution in [3.63, 3.8) is 0 Å². The van der Waals surface area contributed by atoms with Gasteiger partial charge in [-0.2, -0.15) is 10.1 Å². The second-order valence-electron chi connectivity index (χ2n) is 11.1. The highest BCUT2D eigenvalue weighted by atomic mass is 32.2. The monoisotopic (exact) mass is 562 g/mol. The molecule has 0 aliphatic carbocycles. The number of hydrogen-bond acceptors (Lipinski definition) is 8. The van der Waals surface area contributed by atoms with Crippen molar-refractivity contribution in [1.82, 2.24) is 19.7 Å². The summed E-state index contributed by atoms with van der Waals surface area (Å²) in [7, 11) is -4.34. The zero-order valence-electron chi connectivity index (χ0n) is 22.8. The lowest BCUT2D eigenvalue weighted by Crippen LogP contribution is -2.22. The van der Waals surface area contributed by atoms with Crippen molar-refractivity contribution in [2.24, 2.45) is 0 Å². The van der Waals surface area contributed by atoms with Crippen molar-refractivity contribution < 1.29 is 13.2 Å². The number of nitrogens with zero attached hydrogens (tertiary/aromatic N) is 5. The first-order valence-electron chi connectivity index (χ1n) is 12.9. The van der Waals surface area contributed by atoms with E-state index < -0.39 is 17.9 Å². The fourth-order valence-corrected chi connectivity index (χ4v) is 5.76. The Morgan fingerprint density at radius 2 is 1.77 bits per heavy atom. The lowest BCUT2D eigenvalue weighted by molar-refractivity contribution is 0.0786. The third kappa shape index (κ3) is 6.91. The van der Waals surface area contributed by atoms with Gasteiger partial charge in [-0.25, -0.2) is 18.1 Å². The predicted octanol–water partition coefficient (Wildman–Crippen LogP) is 5.32. The van der Waals surface area contributed by atoms with E-state index in [9.17, 15) is 8.42 Å². The first-order valence-corrected chi connectivity index (χ1v) is 18.5. The quantitative estimate of drug-likeness (QED) is 0.205. The van der Waals surface area contributed by atoms with Crippen LogP contribution < -0.4 is 10.2 Å². The van der Waals surface area contributed by atoms with E-state index in [1.54, 1.807) is 18.3 Å². The Hall–Kier alpha value is -3.54. The molecule has 0 spiro atoms. The first-order chi connectivity index (χ1) is 18.5. The molecule has 0 saturated carbocycles. The topological polar surface area (TPSA) is 102 Å². The summed E-state index contributed by atoms with van der Waals surface area (Å²) < 4.78 is 31.5. The lowest BCUT2D eigenvalue weighted by atomic mass is 10.1. The van der Waals surface area contributed by atoms with Crippen LogP contribution in [0.15, 0.2) is 72.0 Å². The zero-order chi connectivity index (χ0) is 27.6. The summed E-state index contributed by atoms with van der Waals surface area (Å²) in [5.74, 6) is 1.28. The summed E-state index contributed by atoms with van der Waals surface area (Å²) in [5, 5.41) is 7.79. The van der Waals surface area contributed by atoms with E-state index in [2.05, 4.69) is 35.0 Å². The number of anilines is 3. The molecule has 0 radical (unpaired) electrons. The van der Waals surface area contributed by atoms with Gasteiger partial charge in [0, 0.05) is 57.7 Å². The number of nitrogens with one attached hydrogen (secondary N) is 1. The van der Waals surface area contributed by atoms with Crippen molar-refractivity contribution in [3.8, 4) is 11.1 Å². The van der Waals surface area contributed by atoms with Gasteiger partial charge >= 0.3 is 0 Å². The largest absolute Gasteiger partial charge is 0.360 e. The summed E-state index contributed by atoms with van der Waals surface area (Å²) in [6.45, 7) is 9.46. The molecule has 0 amide bonds. The summed E-state index contributed by atoms with van der Waals surface area (Å²) in [5.41, 5.74) is 5.08. The van der Waals surface area contributed by atoms with Gasteiger partial charge in [0.2, 0.25) is 5.95 Å². The molecule has 1 aliphatic rings. The summed E-state index contributed by atoms with van der Waals surface area (Å²) in [6.07, 6.45) is 6.81. The number of hydrogen-bond donors (Lipinski definition) is 1. The maximum Gasteiger partial charge on any atom is 0.227 e. The molecule has 3 heterocycles. The van der Waals surface area contributed by atoms with E-state index in [0.29, 0.717) is 36.5 Å². The van der Waals surface area contributed by atoms with Crippen molar-refractivity contribution in [1.29, 1.82) is 0 Å². The molecule has 2 aromatic carbocycles. The smallest absolute Gasteiger partial charge is 0.227 e. The SMILES string of the molecule is C[Si](C)(C)CCOCn1cc(-c2ccc(Nc3ccnc(N4Cc5ccc(S(C)(=O)=O)cc5C4)n3)cc2)cn1. The number of fused-ring (bicyclic) bond motifs is 1. The highest BCUT2D eigenvalue weighted by molar-refractivity contribution is 7.90. The van der Waals surface area contributed by atoms with Gasteiger partial charge in [0.15, 0.2) is 9.84 Å². The average molecular weight is 563 g/mol. The maximum atomic E-state index is 11.9. The standard InChI is InChI=1S/C28H34N6O3SSi/c1-38(35,36)26-10-7-22-17-33(18-23(22)15-26)28-29-12-11-27(32-28)31-25-8-5-21(6-9-25)24-16-30-34(19-24)20-37-13-14-39(2,3)4/h5-12,15-16,19H,13-14,17-18,20H2,1-4H3,(H,29,31,32). The molecule has 0 saturated heterocycles. The van der Waals surface area contributed by atoms with Gasteiger partial charge in [-0.05, 0) is 53.1 Å². The number of rotatable bonds is 10. The molecule has 9 nitrogen and oxygen atoms in total. The Labute approximate surface area is 230 Å². The van der Waals surface area contributed by atoms with Crippen molar-refractivity contribution in [2.75, 3.05) is 23.1 Å². The van der Waals surface area contributed by atoms with Crippen LogP contribution in [-0.4, -0.2) is 49.1 Å². The van der Waals surface area contributed by atoms with Crippen molar-refractivity contribution >= 4 is 35.4 Å². The molecule has 0 atom stereocenters. The molecule has 2 aromatic heterocycles. The molecular formula is C28H34N6O3SSi. The van der Waals surface area contributed by atoms with E-state index in [1.807, 2.05) is 58.4 Å². The number of ether oxygens (including phenoxy) is 1. The van der Waals surface area contributed by atoms with E-state index in [0.717, 1.165) is 40.6 Å². The Morgan fingerprint density at radius 1 is 1.00 bits per heavy atom. The number of aromatic nitrogens is 4. The minimum atomic E-state index is -3.25. The Balaban J connectivity index is 1.20. The molecule has 5 rings (SSSR count). The zero-order valence-corrected chi connectivity index (χ0v) is 24.6. The van der Waals surface area contributed by atoms with E-state index in [-0.39, 0.29) is 0 Å². The van der Waals surface area contributed by atoms with E-state index >= 15 is 0 Å². The molecule has 39 heavy (non-hydrogen) atoms. The summed E-state index contributed by atoms with van der Waals surface area (Å²) in [4.78, 5) is 11.5. The van der Waals surface area contributed by atoms with Crippen molar-refractivity contribution in [3.05, 3.63) is 78.2 Å². The molecule has 0 fully saturated rings. The Morgan fingerprint density at radius 3 is 2.51 bits per heavy atom. The van der Waals surface area contributed by atoms with Gasteiger partial charge in [-0.3, -0.25) is 0 Å². The third-order valence-electron chi connectivity index (χ3n) is 6.60. The fraction of sp³-hybridized carbons (Fsp3) is 0.321. The van der Waals surface area contributed by atoms with Gasteiger partial charge in [-0.1, -0.05) is 37.8 Å². The fourth-order valence-electron chi connectivity index (χ4n) is 4.33. The number of sulfone groups is 1. The normalized spacial score (nSPS) is 13.5. The minimum absolute atomic E-state index is 0.334. The average Bonchev–Trinajstić information content (AvgIpc) is 3.53. The molecule has 11 heteroatoms. The lowest BCUT2D eigenvalue weighted by Gasteiger charge is -2.16. The van der Waals surface area contributed by atoms with Crippen LogP contribution in [-0.2, 0) is 34.4 Å². The molecule has 0 bridgehead atoms. The maximum absolute atomic E-state index is 11.9. The molecule has 0 unspecified atom stereocenters. The molecule has 204 valence electrons. The van der Waals surface area contributed by atoms with Gasteiger partial charge in [0.1, 0.15) is 12.5 Å². The van der Waals surface area contributed by atoms with Crippen LogP contribution in [0, 0.1) is 0 Å². The first kappa shape index (κ1) is 27.0. The summed E-state index contributed by atoms with van der Waals surface area (Å²) >= 11 is 0. The minimum Gasteiger partial charge on any atom is -0.360 e. The second-order valence-corrected chi connectivity index (χ2v) is 18.8. The molecule has 1 aliphatic heterocycles. The highest BCUT2D eigenvalue weighted by Gasteiger charge is 2.23. The van der Waals surface area contributed by atoms with Crippen LogP contribution in [0.5, 0.6) is 0 Å². The second kappa shape index (κ2) is 10.9. The van der Waals surface area contributed by atoms with Crippen molar-refractivity contribution in [2.45, 2.75) is 50.4 Å². The molecule has 1 N–H and O–H groups in total. The molecular weight excluding hydrogens is 529 g/mol. The van der Waals surface area contributed by atoms with E-state index in [1.165, 1.54) is 6.26 Å². The Bertz CT molecular complexity index is 1560. The molecule has 4 aromatic rings. The van der Waals surface area contributed by atoms with Crippen LogP contribution in [0.2, 0.25) is 25.7 Å². The van der Waals surface area contributed by atoms with Gasteiger partial charge < -0.3 is 15.0 Å². The van der Waals surface area contributed by atoms with Crippen LogP contribution in [0.3, 0.4) is 0 Å². The van der Waals surface area contributed by atoms with E-state index in [4.69, 9.17) is 9.72 Å². The summed E-state index contributed by atoms with van der Waals surface area (Å²) in [6, 6.07) is 16.4. The number of benzene rings is 2. The van der Waals surface area contributed by atoms with Gasteiger partial charge in [0.25, 0.3) is 0 Å². The van der Waals surface area contributed by atoms with Crippen LogP contribution in [0.4, 0.5) is 17.5 Å². The van der Waals surface area contributed by atoms with Gasteiger partial charge in [0.05, 0.1) is 11.1 Å². The Kier molecular flexibility index (Phi) is 7.56. The third-order valence-corrected chi connectivity index (χ3v) is 9.41. The highest BCUT2D eigenvalue weighted by Crippen LogP contribution is 2.29. The van der Waals surface area contributed by atoms with Crippen LogP contribution >= 0.6 is 0 Å². The van der Waals surface area contributed by atoms with Gasteiger partial charge in [-0.15, -0.1) is 0 Å².